The van der Waals surface area contributed by atoms with E-state index in [1.807, 2.05) is 6.92 Å². The van der Waals surface area contributed by atoms with Gasteiger partial charge in [-0.3, -0.25) is 0 Å². The standard InChI is InChI=1S/C15H24BrNO/c1-3-9-17-12-14(8-10-18-4-2)13-6-5-7-15(16)11-13/h5-7,11,14,17H,3-4,8-10,12H2,1-2H3. The van der Waals surface area contributed by atoms with Crippen molar-refractivity contribution in [3.8, 4) is 0 Å². The summed E-state index contributed by atoms with van der Waals surface area (Å²) < 4.78 is 6.63. The van der Waals surface area contributed by atoms with Crippen LogP contribution in [0.15, 0.2) is 28.7 Å². The molecule has 1 rings (SSSR count). The zero-order chi connectivity index (χ0) is 13.2. The molecule has 2 nitrogen and oxygen atoms in total. The molecule has 0 saturated carbocycles. The number of benzene rings is 1. The highest BCUT2D eigenvalue weighted by molar-refractivity contribution is 9.10. The van der Waals surface area contributed by atoms with Gasteiger partial charge >= 0.3 is 0 Å². The van der Waals surface area contributed by atoms with Crippen molar-refractivity contribution in [2.75, 3.05) is 26.3 Å². The minimum absolute atomic E-state index is 0.528. The summed E-state index contributed by atoms with van der Waals surface area (Å²) in [6.45, 7) is 7.98. The van der Waals surface area contributed by atoms with E-state index in [-0.39, 0.29) is 0 Å². The van der Waals surface area contributed by atoms with Crippen LogP contribution in [-0.4, -0.2) is 26.3 Å². The van der Waals surface area contributed by atoms with Gasteiger partial charge in [-0.2, -0.15) is 0 Å². The molecule has 0 aliphatic carbocycles. The molecular formula is C15H24BrNO. The van der Waals surface area contributed by atoms with Gasteiger partial charge in [-0.05, 0) is 49.9 Å². The Morgan fingerprint density at radius 3 is 2.83 bits per heavy atom. The summed E-state index contributed by atoms with van der Waals surface area (Å²) in [6.07, 6.45) is 2.25. The van der Waals surface area contributed by atoms with E-state index in [1.165, 1.54) is 12.0 Å². The predicted octanol–water partition coefficient (Wildman–Crippen LogP) is 3.96. The van der Waals surface area contributed by atoms with E-state index in [4.69, 9.17) is 4.74 Å². The Balaban J connectivity index is 2.57. The fourth-order valence-corrected chi connectivity index (χ4v) is 2.39. The highest BCUT2D eigenvalue weighted by atomic mass is 79.9. The van der Waals surface area contributed by atoms with E-state index in [2.05, 4.69) is 52.4 Å². The zero-order valence-corrected chi connectivity index (χ0v) is 13.0. The molecule has 102 valence electrons. The van der Waals surface area contributed by atoms with Gasteiger partial charge in [0.1, 0.15) is 0 Å². The number of ether oxygens (including phenoxy) is 1. The van der Waals surface area contributed by atoms with Crippen LogP contribution in [0, 0.1) is 0 Å². The van der Waals surface area contributed by atoms with Crippen molar-refractivity contribution in [2.24, 2.45) is 0 Å². The molecule has 0 saturated heterocycles. The molecule has 0 spiro atoms. The summed E-state index contributed by atoms with van der Waals surface area (Å²) in [6, 6.07) is 8.59. The Kier molecular flexibility index (Phi) is 8.31. The average Bonchev–Trinajstić information content (AvgIpc) is 2.37. The minimum Gasteiger partial charge on any atom is -0.382 e. The second-order valence-corrected chi connectivity index (χ2v) is 5.36. The van der Waals surface area contributed by atoms with Crippen LogP contribution in [-0.2, 0) is 4.74 Å². The third kappa shape index (κ3) is 5.98. The molecule has 0 amide bonds. The lowest BCUT2D eigenvalue weighted by Crippen LogP contribution is -2.23. The van der Waals surface area contributed by atoms with Gasteiger partial charge in [0.15, 0.2) is 0 Å². The van der Waals surface area contributed by atoms with Crippen molar-refractivity contribution in [1.82, 2.24) is 5.32 Å². The summed E-state index contributed by atoms with van der Waals surface area (Å²) in [5.41, 5.74) is 1.38. The summed E-state index contributed by atoms with van der Waals surface area (Å²) in [5.74, 6) is 0.528. The highest BCUT2D eigenvalue weighted by Gasteiger charge is 2.11. The van der Waals surface area contributed by atoms with E-state index in [9.17, 15) is 0 Å². The number of halogens is 1. The van der Waals surface area contributed by atoms with Gasteiger partial charge in [0.2, 0.25) is 0 Å². The van der Waals surface area contributed by atoms with E-state index in [1.54, 1.807) is 0 Å². The lowest BCUT2D eigenvalue weighted by atomic mass is 9.96. The molecule has 1 N–H and O–H groups in total. The van der Waals surface area contributed by atoms with Crippen molar-refractivity contribution in [1.29, 1.82) is 0 Å². The fourth-order valence-electron chi connectivity index (χ4n) is 1.97. The molecule has 0 aliphatic heterocycles. The van der Waals surface area contributed by atoms with Crippen LogP contribution in [0.1, 0.15) is 38.2 Å². The van der Waals surface area contributed by atoms with E-state index < -0.39 is 0 Å². The Hall–Kier alpha value is -0.380. The first-order valence-electron chi connectivity index (χ1n) is 6.81. The van der Waals surface area contributed by atoms with Crippen molar-refractivity contribution < 1.29 is 4.74 Å². The minimum atomic E-state index is 0.528. The molecule has 0 aliphatic rings. The lowest BCUT2D eigenvalue weighted by molar-refractivity contribution is 0.139. The third-order valence-electron chi connectivity index (χ3n) is 2.95. The maximum absolute atomic E-state index is 5.48. The van der Waals surface area contributed by atoms with Crippen LogP contribution in [0.5, 0.6) is 0 Å². The van der Waals surface area contributed by atoms with Crippen LogP contribution in [0.3, 0.4) is 0 Å². The average molecular weight is 314 g/mol. The van der Waals surface area contributed by atoms with E-state index >= 15 is 0 Å². The van der Waals surface area contributed by atoms with Gasteiger partial charge in [-0.15, -0.1) is 0 Å². The number of rotatable bonds is 9. The van der Waals surface area contributed by atoms with Gasteiger partial charge in [0.05, 0.1) is 0 Å². The monoisotopic (exact) mass is 313 g/mol. The first-order chi connectivity index (χ1) is 8.77. The van der Waals surface area contributed by atoms with Crippen LogP contribution in [0.25, 0.3) is 0 Å². The lowest BCUT2D eigenvalue weighted by Gasteiger charge is -2.18. The molecule has 0 fully saturated rings. The summed E-state index contributed by atoms with van der Waals surface area (Å²) in [7, 11) is 0. The van der Waals surface area contributed by atoms with Crippen molar-refractivity contribution in [3.63, 3.8) is 0 Å². The number of hydrogen-bond donors (Lipinski definition) is 1. The first kappa shape index (κ1) is 15.7. The van der Waals surface area contributed by atoms with Crippen LogP contribution in [0.4, 0.5) is 0 Å². The summed E-state index contributed by atoms with van der Waals surface area (Å²) in [4.78, 5) is 0. The zero-order valence-electron chi connectivity index (χ0n) is 11.4. The Labute approximate surface area is 119 Å². The summed E-state index contributed by atoms with van der Waals surface area (Å²) in [5, 5.41) is 3.51. The van der Waals surface area contributed by atoms with Crippen molar-refractivity contribution in [2.45, 2.75) is 32.6 Å². The molecule has 1 unspecified atom stereocenters. The smallest absolute Gasteiger partial charge is 0.0472 e. The molecule has 18 heavy (non-hydrogen) atoms. The molecule has 1 atom stereocenters. The quantitative estimate of drug-likeness (QED) is 0.697. The maximum Gasteiger partial charge on any atom is 0.0472 e. The Morgan fingerprint density at radius 2 is 2.17 bits per heavy atom. The SMILES string of the molecule is CCCNCC(CCOCC)c1cccc(Br)c1. The molecule has 0 radical (unpaired) electrons. The second kappa shape index (κ2) is 9.54. The molecule has 3 heteroatoms. The highest BCUT2D eigenvalue weighted by Crippen LogP contribution is 2.22. The van der Waals surface area contributed by atoms with Gasteiger partial charge in [0.25, 0.3) is 0 Å². The normalized spacial score (nSPS) is 12.6. The van der Waals surface area contributed by atoms with Crippen molar-refractivity contribution >= 4 is 15.9 Å². The topological polar surface area (TPSA) is 21.3 Å². The molecule has 0 heterocycles. The second-order valence-electron chi connectivity index (χ2n) is 4.44. The Bertz CT molecular complexity index is 320. The largest absolute Gasteiger partial charge is 0.382 e. The van der Waals surface area contributed by atoms with Gasteiger partial charge in [0, 0.05) is 24.2 Å². The van der Waals surface area contributed by atoms with Gasteiger partial charge in [-0.25, -0.2) is 0 Å². The van der Waals surface area contributed by atoms with Crippen LogP contribution >= 0.6 is 15.9 Å². The fraction of sp³-hybridized carbons (Fsp3) is 0.600. The molecule has 1 aromatic rings. The third-order valence-corrected chi connectivity index (χ3v) is 3.45. The number of hydrogen-bond acceptors (Lipinski definition) is 2. The van der Waals surface area contributed by atoms with Crippen LogP contribution < -0.4 is 5.32 Å². The molecule has 0 aromatic heterocycles. The predicted molar refractivity (Wildman–Crippen MR) is 81.2 cm³/mol. The first-order valence-corrected chi connectivity index (χ1v) is 7.61. The van der Waals surface area contributed by atoms with Crippen LogP contribution in [0.2, 0.25) is 0 Å². The van der Waals surface area contributed by atoms with Gasteiger partial charge in [-0.1, -0.05) is 35.0 Å². The number of nitrogens with one attached hydrogen (secondary N) is 1. The summed E-state index contributed by atoms with van der Waals surface area (Å²) >= 11 is 3.54. The molecular weight excluding hydrogens is 290 g/mol. The molecule has 1 aromatic carbocycles. The van der Waals surface area contributed by atoms with Gasteiger partial charge < -0.3 is 10.1 Å². The van der Waals surface area contributed by atoms with Crippen molar-refractivity contribution in [3.05, 3.63) is 34.3 Å². The maximum atomic E-state index is 5.48. The van der Waals surface area contributed by atoms with E-state index in [0.717, 1.165) is 37.2 Å². The van der Waals surface area contributed by atoms with E-state index in [0.29, 0.717) is 5.92 Å². The molecule has 0 bridgehead atoms. The Morgan fingerprint density at radius 1 is 1.33 bits per heavy atom.